The number of ketones is 1. The summed E-state index contributed by atoms with van der Waals surface area (Å²) in [6.45, 7) is 2.00. The molecule has 2 aromatic rings. The molecule has 0 spiro atoms. The second-order valence-electron chi connectivity index (χ2n) is 4.99. The van der Waals surface area contributed by atoms with E-state index in [9.17, 15) is 18.4 Å². The zero-order chi connectivity index (χ0) is 15.1. The molecule has 0 saturated heterocycles. The molecule has 3 rings (SSSR count). The van der Waals surface area contributed by atoms with Crippen molar-refractivity contribution < 1.29 is 18.4 Å². The van der Waals surface area contributed by atoms with Crippen molar-refractivity contribution in [1.82, 2.24) is 0 Å². The number of nitrogens with zero attached hydrogens (tertiary/aromatic N) is 1. The van der Waals surface area contributed by atoms with E-state index in [2.05, 4.69) is 0 Å². The molecule has 1 amide bonds. The van der Waals surface area contributed by atoms with E-state index in [1.165, 1.54) is 0 Å². The first-order valence-corrected chi connectivity index (χ1v) is 6.38. The van der Waals surface area contributed by atoms with E-state index < -0.39 is 23.3 Å². The van der Waals surface area contributed by atoms with Crippen LogP contribution in [0.15, 0.2) is 36.4 Å². The summed E-state index contributed by atoms with van der Waals surface area (Å²) in [5.41, 5.74) is 1.42. The topological polar surface area (TPSA) is 37.4 Å². The Morgan fingerprint density at radius 2 is 1.86 bits per heavy atom. The Hall–Kier alpha value is -2.56. The number of benzene rings is 2. The number of Topliss-reactive ketones (excluding diaryl/α,β-unsaturated/α-hetero) is 1. The number of aryl methyl sites for hydroxylation is 1. The first-order valence-electron chi connectivity index (χ1n) is 6.38. The Kier molecular flexibility index (Phi) is 3.05. The molecule has 1 aliphatic heterocycles. The number of fused-ring (bicyclic) bond motifs is 1. The van der Waals surface area contributed by atoms with Crippen LogP contribution in [-0.4, -0.2) is 11.7 Å². The maximum absolute atomic E-state index is 13.7. The smallest absolute Gasteiger partial charge is 0.299 e. The van der Waals surface area contributed by atoms with Crippen LogP contribution >= 0.6 is 0 Å². The summed E-state index contributed by atoms with van der Waals surface area (Å²) >= 11 is 0. The lowest BCUT2D eigenvalue weighted by molar-refractivity contribution is -0.114. The van der Waals surface area contributed by atoms with Gasteiger partial charge in [-0.15, -0.1) is 0 Å². The van der Waals surface area contributed by atoms with Crippen molar-refractivity contribution in [2.45, 2.75) is 13.5 Å². The number of carbonyl (C=O) groups is 2. The van der Waals surface area contributed by atoms with Crippen molar-refractivity contribution in [3.05, 3.63) is 64.7 Å². The molecule has 106 valence electrons. The van der Waals surface area contributed by atoms with Gasteiger partial charge in [0.2, 0.25) is 0 Å². The van der Waals surface area contributed by atoms with Gasteiger partial charge in [0.25, 0.3) is 11.7 Å². The van der Waals surface area contributed by atoms with Crippen LogP contribution < -0.4 is 4.90 Å². The van der Waals surface area contributed by atoms with Crippen molar-refractivity contribution in [2.75, 3.05) is 4.90 Å². The number of anilines is 1. The summed E-state index contributed by atoms with van der Waals surface area (Å²) in [5, 5.41) is 0. The van der Waals surface area contributed by atoms with Crippen LogP contribution in [0.3, 0.4) is 0 Å². The normalized spacial score (nSPS) is 13.8. The number of rotatable bonds is 2. The van der Waals surface area contributed by atoms with Gasteiger partial charge >= 0.3 is 0 Å². The Morgan fingerprint density at radius 1 is 1.10 bits per heavy atom. The molecule has 0 atom stereocenters. The monoisotopic (exact) mass is 287 g/mol. The second kappa shape index (κ2) is 4.77. The number of halogens is 2. The lowest BCUT2D eigenvalue weighted by Gasteiger charge is -2.17. The Balaban J connectivity index is 2.05. The third kappa shape index (κ3) is 2.20. The van der Waals surface area contributed by atoms with Crippen LogP contribution in [0.2, 0.25) is 0 Å². The summed E-state index contributed by atoms with van der Waals surface area (Å²) in [4.78, 5) is 25.0. The van der Waals surface area contributed by atoms with Crippen molar-refractivity contribution in [3.63, 3.8) is 0 Å². The lowest BCUT2D eigenvalue weighted by Crippen LogP contribution is -2.29. The summed E-state index contributed by atoms with van der Waals surface area (Å²) in [6.07, 6.45) is 0. The summed E-state index contributed by atoms with van der Waals surface area (Å²) in [7, 11) is 0. The highest BCUT2D eigenvalue weighted by Crippen LogP contribution is 2.33. The van der Waals surface area contributed by atoms with Gasteiger partial charge in [0.05, 0.1) is 17.8 Å². The molecule has 3 nitrogen and oxygen atoms in total. The Labute approximate surface area is 119 Å². The number of hydrogen-bond acceptors (Lipinski definition) is 2. The van der Waals surface area contributed by atoms with E-state index in [1.807, 2.05) is 25.1 Å². The fourth-order valence-electron chi connectivity index (χ4n) is 2.49. The molecule has 1 heterocycles. The Morgan fingerprint density at radius 3 is 2.57 bits per heavy atom. The highest BCUT2D eigenvalue weighted by Gasteiger charge is 2.38. The lowest BCUT2D eigenvalue weighted by atomic mass is 10.1. The summed E-state index contributed by atoms with van der Waals surface area (Å²) < 4.78 is 27.1. The highest BCUT2D eigenvalue weighted by atomic mass is 19.1. The Bertz CT molecular complexity index is 771. The SMILES string of the molecule is Cc1cccc(CN2C(=O)C(=O)c3c(F)cc(F)cc32)c1. The third-order valence-electron chi connectivity index (χ3n) is 3.41. The van der Waals surface area contributed by atoms with E-state index in [4.69, 9.17) is 0 Å². The van der Waals surface area contributed by atoms with Crippen molar-refractivity contribution in [3.8, 4) is 0 Å². The first-order chi connectivity index (χ1) is 9.97. The molecule has 0 bridgehead atoms. The van der Waals surface area contributed by atoms with Crippen LogP contribution in [0.25, 0.3) is 0 Å². The predicted molar refractivity (Wildman–Crippen MR) is 73.1 cm³/mol. The van der Waals surface area contributed by atoms with E-state index in [1.54, 1.807) is 6.07 Å². The fourth-order valence-corrected chi connectivity index (χ4v) is 2.49. The molecular weight excluding hydrogens is 276 g/mol. The molecule has 5 heteroatoms. The average molecular weight is 287 g/mol. The predicted octanol–water partition coefficient (Wildman–Crippen LogP) is 3.00. The van der Waals surface area contributed by atoms with E-state index in [0.29, 0.717) is 6.07 Å². The maximum Gasteiger partial charge on any atom is 0.299 e. The molecule has 2 aromatic carbocycles. The summed E-state index contributed by atoms with van der Waals surface area (Å²) in [6, 6.07) is 8.98. The maximum atomic E-state index is 13.7. The van der Waals surface area contributed by atoms with Crippen LogP contribution in [0.5, 0.6) is 0 Å². The van der Waals surface area contributed by atoms with Gasteiger partial charge in [0, 0.05) is 6.07 Å². The molecule has 0 saturated carbocycles. The average Bonchev–Trinajstić information content (AvgIpc) is 2.64. The van der Waals surface area contributed by atoms with Gasteiger partial charge in [-0.05, 0) is 18.6 Å². The minimum Gasteiger partial charge on any atom is -0.300 e. The molecule has 0 N–H and O–H groups in total. The van der Waals surface area contributed by atoms with Crippen LogP contribution in [-0.2, 0) is 11.3 Å². The molecule has 0 unspecified atom stereocenters. The third-order valence-corrected chi connectivity index (χ3v) is 3.41. The minimum absolute atomic E-state index is 0.0102. The number of hydrogen-bond donors (Lipinski definition) is 0. The van der Waals surface area contributed by atoms with Gasteiger partial charge in [-0.1, -0.05) is 29.8 Å². The first kappa shape index (κ1) is 13.4. The van der Waals surface area contributed by atoms with Crippen LogP contribution in [0, 0.1) is 18.6 Å². The zero-order valence-corrected chi connectivity index (χ0v) is 11.2. The largest absolute Gasteiger partial charge is 0.300 e. The van der Waals surface area contributed by atoms with Gasteiger partial charge in [-0.2, -0.15) is 0 Å². The van der Waals surface area contributed by atoms with Crippen molar-refractivity contribution in [2.24, 2.45) is 0 Å². The standard InChI is InChI=1S/C16H11F2NO2/c1-9-3-2-4-10(5-9)8-19-13-7-11(17)6-12(18)14(13)15(20)16(19)21/h2-7H,8H2,1H3. The molecular formula is C16H11F2NO2. The van der Waals surface area contributed by atoms with Gasteiger partial charge < -0.3 is 4.90 Å². The van der Waals surface area contributed by atoms with Crippen molar-refractivity contribution in [1.29, 1.82) is 0 Å². The molecule has 21 heavy (non-hydrogen) atoms. The van der Waals surface area contributed by atoms with Crippen molar-refractivity contribution >= 4 is 17.4 Å². The van der Waals surface area contributed by atoms with E-state index in [0.717, 1.165) is 22.1 Å². The van der Waals surface area contributed by atoms with Crippen LogP contribution in [0.1, 0.15) is 21.5 Å². The summed E-state index contributed by atoms with van der Waals surface area (Å²) in [5.74, 6) is -3.59. The fraction of sp³-hybridized carbons (Fsp3) is 0.125. The minimum atomic E-state index is -1.00. The zero-order valence-electron chi connectivity index (χ0n) is 11.2. The molecule has 0 aliphatic carbocycles. The number of carbonyl (C=O) groups excluding carboxylic acids is 2. The van der Waals surface area contributed by atoms with Crippen LogP contribution in [0.4, 0.5) is 14.5 Å². The molecule has 0 radical (unpaired) electrons. The van der Waals surface area contributed by atoms with Gasteiger partial charge in [0.1, 0.15) is 11.6 Å². The van der Waals surface area contributed by atoms with Gasteiger partial charge in [0.15, 0.2) is 0 Å². The highest BCUT2D eigenvalue weighted by molar-refractivity contribution is 6.52. The van der Waals surface area contributed by atoms with E-state index >= 15 is 0 Å². The van der Waals surface area contributed by atoms with Gasteiger partial charge in [-0.25, -0.2) is 8.78 Å². The van der Waals surface area contributed by atoms with E-state index in [-0.39, 0.29) is 17.8 Å². The molecule has 0 aromatic heterocycles. The number of amides is 1. The second-order valence-corrected chi connectivity index (χ2v) is 4.99. The molecule has 1 aliphatic rings. The molecule has 0 fully saturated rings. The quantitative estimate of drug-likeness (QED) is 0.796. The van der Waals surface area contributed by atoms with Gasteiger partial charge in [-0.3, -0.25) is 9.59 Å².